The van der Waals surface area contributed by atoms with E-state index in [0.717, 1.165) is 18.2 Å². The van der Waals surface area contributed by atoms with Crippen LogP contribution in [0.2, 0.25) is 0 Å². The van der Waals surface area contributed by atoms with Gasteiger partial charge in [0.1, 0.15) is 11.4 Å². The van der Waals surface area contributed by atoms with Gasteiger partial charge in [0.2, 0.25) is 17.4 Å². The first-order valence-corrected chi connectivity index (χ1v) is 6.73. The van der Waals surface area contributed by atoms with Crippen molar-refractivity contribution in [2.24, 2.45) is 5.11 Å². The Bertz CT molecular complexity index is 978. The van der Waals surface area contributed by atoms with E-state index in [1.165, 1.54) is 6.92 Å². The number of hydrogen-bond acceptors (Lipinski definition) is 6. The van der Waals surface area contributed by atoms with Crippen molar-refractivity contribution in [3.05, 3.63) is 67.6 Å². The summed E-state index contributed by atoms with van der Waals surface area (Å²) in [4.78, 5) is 23.6. The fraction of sp³-hybridized carbons (Fsp3) is 0.0714. The number of carbonyl (C=O) groups is 1. The molecule has 0 aromatic heterocycles. The number of non-ortho nitro benzene ring substituents is 1. The first-order chi connectivity index (χ1) is 12.7. The first kappa shape index (κ1) is 19.5. The molecule has 0 unspecified atom stereocenters. The van der Waals surface area contributed by atoms with E-state index in [9.17, 15) is 32.5 Å². The van der Waals surface area contributed by atoms with Gasteiger partial charge in [0.15, 0.2) is 11.6 Å². The maximum atomic E-state index is 13.8. The minimum atomic E-state index is -2.13. The van der Waals surface area contributed by atoms with Gasteiger partial charge in [0.25, 0.3) is 5.69 Å². The van der Waals surface area contributed by atoms with Crippen LogP contribution in [0.3, 0.4) is 0 Å². The molecule has 0 saturated carbocycles. The molecule has 13 heteroatoms. The zero-order chi connectivity index (χ0) is 20.3. The average Bonchev–Trinajstić information content (AvgIpc) is 2.62. The summed E-state index contributed by atoms with van der Waals surface area (Å²) in [5.41, 5.74) is 6.34. The fourth-order valence-electron chi connectivity index (χ4n) is 1.88. The molecule has 0 atom stereocenters. The van der Waals surface area contributed by atoms with Gasteiger partial charge in [-0.25, -0.2) is 13.6 Å². The van der Waals surface area contributed by atoms with E-state index in [-0.39, 0.29) is 17.0 Å². The second-order valence-corrected chi connectivity index (χ2v) is 4.78. The van der Waals surface area contributed by atoms with Gasteiger partial charge in [-0.2, -0.15) is 8.78 Å². The lowest BCUT2D eigenvalue weighted by atomic mass is 10.2. The van der Waals surface area contributed by atoms with Crippen LogP contribution in [0.25, 0.3) is 10.4 Å². The minimum Gasteiger partial charge on any atom is -0.394 e. The summed E-state index contributed by atoms with van der Waals surface area (Å²) in [5.74, 6) is -10.5. The number of azide groups is 1. The van der Waals surface area contributed by atoms with Crippen molar-refractivity contribution in [1.29, 1.82) is 0 Å². The van der Waals surface area contributed by atoms with E-state index >= 15 is 0 Å². The number of aryl methyl sites for hydroxylation is 1. The molecule has 9 nitrogen and oxygen atoms in total. The number of carbonyl (C=O) groups excluding carboxylic acids is 1. The molecule has 0 saturated heterocycles. The molecule has 0 aliphatic carbocycles. The first-order valence-electron chi connectivity index (χ1n) is 6.73. The molecule has 0 heterocycles. The summed E-state index contributed by atoms with van der Waals surface area (Å²) in [5, 5.41) is 13.1. The second-order valence-electron chi connectivity index (χ2n) is 4.78. The molecular weight excluding hydrogens is 380 g/mol. The topological polar surface area (TPSA) is 127 Å². The average molecular weight is 386 g/mol. The van der Waals surface area contributed by atoms with Gasteiger partial charge in [0.05, 0.1) is 4.92 Å². The molecule has 2 rings (SSSR count). The Labute approximate surface area is 146 Å². The van der Waals surface area contributed by atoms with Crippen LogP contribution in [0.15, 0.2) is 23.3 Å². The Hall–Kier alpha value is -3.86. The lowest BCUT2D eigenvalue weighted by Gasteiger charge is -2.10. The maximum Gasteiger partial charge on any atom is 0.519 e. The summed E-state index contributed by atoms with van der Waals surface area (Å²) in [7, 11) is 0. The lowest BCUT2D eigenvalue weighted by molar-refractivity contribution is -0.384. The van der Waals surface area contributed by atoms with Gasteiger partial charge in [-0.3, -0.25) is 10.1 Å². The summed E-state index contributed by atoms with van der Waals surface area (Å²) in [6, 6.07) is 3.02. The normalized spacial score (nSPS) is 10.1. The summed E-state index contributed by atoms with van der Waals surface area (Å²) in [6.07, 6.45) is -1.78. The molecule has 0 bridgehead atoms. The molecule has 0 aliphatic heterocycles. The van der Waals surface area contributed by atoms with Crippen molar-refractivity contribution < 1.29 is 36.8 Å². The van der Waals surface area contributed by atoms with Crippen LogP contribution in [0.4, 0.5) is 33.7 Å². The summed E-state index contributed by atoms with van der Waals surface area (Å²) in [6.45, 7) is 1.32. The van der Waals surface area contributed by atoms with Crippen LogP contribution in [0.5, 0.6) is 11.5 Å². The van der Waals surface area contributed by atoms with Crippen LogP contribution < -0.4 is 9.47 Å². The zero-order valence-corrected chi connectivity index (χ0v) is 13.1. The molecule has 2 aromatic carbocycles. The molecule has 2 aromatic rings. The van der Waals surface area contributed by atoms with Gasteiger partial charge in [-0.05, 0) is 24.1 Å². The molecule has 0 fully saturated rings. The number of nitro groups is 1. The number of nitrogens with zero attached hydrogens (tertiary/aromatic N) is 4. The highest BCUT2D eigenvalue weighted by atomic mass is 19.2. The monoisotopic (exact) mass is 386 g/mol. The van der Waals surface area contributed by atoms with Gasteiger partial charge < -0.3 is 9.47 Å². The predicted molar refractivity (Wildman–Crippen MR) is 79.6 cm³/mol. The Kier molecular flexibility index (Phi) is 5.46. The fourth-order valence-corrected chi connectivity index (χ4v) is 1.88. The molecule has 0 spiro atoms. The molecule has 0 aliphatic rings. The third kappa shape index (κ3) is 3.88. The SMILES string of the molecule is Cc1cc([N+](=O)[O-])ccc1OC(=O)Oc1c(F)c(F)c(N=[N+]=[N-])c(F)c1F. The number of rotatable bonds is 4. The van der Waals surface area contributed by atoms with E-state index in [4.69, 9.17) is 5.53 Å². The van der Waals surface area contributed by atoms with Crippen LogP contribution in [-0.2, 0) is 0 Å². The number of nitro benzene ring substituents is 1. The zero-order valence-electron chi connectivity index (χ0n) is 13.1. The van der Waals surface area contributed by atoms with Crippen molar-refractivity contribution in [3.63, 3.8) is 0 Å². The van der Waals surface area contributed by atoms with Gasteiger partial charge in [-0.1, -0.05) is 5.11 Å². The maximum absolute atomic E-state index is 13.8. The van der Waals surface area contributed by atoms with Gasteiger partial charge in [0, 0.05) is 17.0 Å². The third-order valence-electron chi connectivity index (χ3n) is 3.09. The van der Waals surface area contributed by atoms with E-state index < -0.39 is 45.8 Å². The lowest BCUT2D eigenvalue weighted by Crippen LogP contribution is -2.17. The Morgan fingerprint density at radius 3 is 2.22 bits per heavy atom. The Morgan fingerprint density at radius 2 is 1.74 bits per heavy atom. The van der Waals surface area contributed by atoms with Crippen LogP contribution in [0, 0.1) is 40.3 Å². The highest BCUT2D eigenvalue weighted by Crippen LogP contribution is 2.35. The quantitative estimate of drug-likeness (QED) is 0.0842. The number of hydrogen-bond donors (Lipinski definition) is 0. The van der Waals surface area contributed by atoms with Crippen molar-refractivity contribution >= 4 is 17.5 Å². The van der Waals surface area contributed by atoms with E-state index in [2.05, 4.69) is 14.6 Å². The smallest absolute Gasteiger partial charge is 0.394 e. The summed E-state index contributed by atoms with van der Waals surface area (Å²) < 4.78 is 63.5. The molecule has 0 radical (unpaired) electrons. The van der Waals surface area contributed by atoms with Crippen molar-refractivity contribution in [2.75, 3.05) is 0 Å². The standard InChI is InChI=1S/C14H6F4N4O5/c1-5-4-6(22(24)25)2-3-7(5)26-14(23)27-13-10(17)8(15)12(20-21-19)9(16)11(13)18/h2-4H,1H3. The second kappa shape index (κ2) is 7.58. The van der Waals surface area contributed by atoms with E-state index in [1.54, 1.807) is 0 Å². The third-order valence-corrected chi connectivity index (χ3v) is 3.09. The van der Waals surface area contributed by atoms with Crippen LogP contribution in [0.1, 0.15) is 5.56 Å². The largest absolute Gasteiger partial charge is 0.519 e. The van der Waals surface area contributed by atoms with Crippen LogP contribution >= 0.6 is 0 Å². The van der Waals surface area contributed by atoms with Gasteiger partial charge >= 0.3 is 6.16 Å². The summed E-state index contributed by atoms with van der Waals surface area (Å²) >= 11 is 0. The molecule has 27 heavy (non-hydrogen) atoms. The van der Waals surface area contributed by atoms with Crippen LogP contribution in [-0.4, -0.2) is 11.1 Å². The van der Waals surface area contributed by atoms with E-state index in [0.29, 0.717) is 0 Å². The minimum absolute atomic E-state index is 0.0955. The number of halogens is 4. The van der Waals surface area contributed by atoms with Crippen molar-refractivity contribution in [1.82, 2.24) is 0 Å². The Morgan fingerprint density at radius 1 is 1.15 bits per heavy atom. The van der Waals surface area contributed by atoms with Gasteiger partial charge in [-0.15, -0.1) is 0 Å². The molecule has 0 N–H and O–H groups in total. The number of ether oxygens (including phenoxy) is 2. The highest BCUT2D eigenvalue weighted by molar-refractivity contribution is 5.68. The number of benzene rings is 2. The van der Waals surface area contributed by atoms with Crippen molar-refractivity contribution in [2.45, 2.75) is 6.92 Å². The van der Waals surface area contributed by atoms with Crippen molar-refractivity contribution in [3.8, 4) is 11.5 Å². The predicted octanol–water partition coefficient (Wildman–Crippen LogP) is 4.98. The Balaban J connectivity index is 2.31. The molecule has 140 valence electrons. The molecule has 0 amide bonds. The molecular formula is C14H6F4N4O5. The van der Waals surface area contributed by atoms with E-state index in [1.807, 2.05) is 4.91 Å². The highest BCUT2D eigenvalue weighted by Gasteiger charge is 2.28.